The Morgan fingerprint density at radius 2 is 2.00 bits per heavy atom. The highest BCUT2D eigenvalue weighted by atomic mass is 16.4. The minimum atomic E-state index is -0.855. The van der Waals surface area contributed by atoms with Gasteiger partial charge in [0.1, 0.15) is 0 Å². The molecule has 1 saturated carbocycles. The van der Waals surface area contributed by atoms with Crippen LogP contribution in [0.4, 0.5) is 0 Å². The maximum Gasteiger partial charge on any atom is 0.310 e. The summed E-state index contributed by atoms with van der Waals surface area (Å²) in [6, 6.07) is 0. The van der Waals surface area contributed by atoms with Gasteiger partial charge in [-0.15, -0.1) is 5.10 Å². The summed E-state index contributed by atoms with van der Waals surface area (Å²) in [5.74, 6) is 1.17. The minimum absolute atomic E-state index is 0.316. The monoisotopic (exact) mass is 266 g/mol. The quantitative estimate of drug-likeness (QED) is 0.902. The standard InChI is InChI=1S/C13H22N4O2/c1-9-4-6-10(7-5-9)11-14-15-16-17(11)8-13(2,3)12(18)19/h9-10H,4-8H2,1-3H3,(H,18,19). The molecule has 0 amide bonds. The summed E-state index contributed by atoms with van der Waals surface area (Å²) in [6.07, 6.45) is 4.57. The second kappa shape index (κ2) is 5.27. The van der Waals surface area contributed by atoms with Gasteiger partial charge in [0, 0.05) is 5.92 Å². The number of carboxylic acid groups (broad SMARTS) is 1. The molecule has 0 spiro atoms. The molecule has 0 atom stereocenters. The van der Waals surface area contributed by atoms with E-state index in [1.807, 2.05) is 0 Å². The summed E-state index contributed by atoms with van der Waals surface area (Å²) < 4.78 is 1.68. The van der Waals surface area contributed by atoms with E-state index >= 15 is 0 Å². The summed E-state index contributed by atoms with van der Waals surface area (Å²) in [5.41, 5.74) is -0.855. The van der Waals surface area contributed by atoms with Crippen LogP contribution in [0.1, 0.15) is 58.2 Å². The van der Waals surface area contributed by atoms with Gasteiger partial charge in [-0.1, -0.05) is 19.8 Å². The highest BCUT2D eigenvalue weighted by Crippen LogP contribution is 2.34. The highest BCUT2D eigenvalue weighted by molar-refractivity contribution is 5.73. The van der Waals surface area contributed by atoms with E-state index in [-0.39, 0.29) is 0 Å². The van der Waals surface area contributed by atoms with E-state index in [1.165, 1.54) is 12.8 Å². The van der Waals surface area contributed by atoms with Gasteiger partial charge in [-0.3, -0.25) is 4.79 Å². The van der Waals surface area contributed by atoms with E-state index in [2.05, 4.69) is 22.4 Å². The van der Waals surface area contributed by atoms with Crippen LogP contribution in [0.25, 0.3) is 0 Å². The van der Waals surface area contributed by atoms with Crippen LogP contribution < -0.4 is 0 Å². The Morgan fingerprint density at radius 3 is 2.58 bits per heavy atom. The lowest BCUT2D eigenvalue weighted by Crippen LogP contribution is -2.31. The average Bonchev–Trinajstić information content (AvgIpc) is 2.77. The van der Waals surface area contributed by atoms with Crippen LogP contribution in [0.2, 0.25) is 0 Å². The lowest BCUT2D eigenvalue weighted by atomic mass is 9.82. The molecular weight excluding hydrogens is 244 g/mol. The first-order chi connectivity index (χ1) is 8.90. The van der Waals surface area contributed by atoms with Gasteiger partial charge in [-0.25, -0.2) is 4.68 Å². The van der Waals surface area contributed by atoms with Crippen LogP contribution in [0, 0.1) is 11.3 Å². The number of rotatable bonds is 4. The van der Waals surface area contributed by atoms with Crippen LogP contribution in [0.3, 0.4) is 0 Å². The third kappa shape index (κ3) is 3.11. The van der Waals surface area contributed by atoms with E-state index in [9.17, 15) is 9.90 Å². The van der Waals surface area contributed by atoms with Crippen molar-refractivity contribution in [3.05, 3.63) is 5.82 Å². The maximum absolute atomic E-state index is 11.2. The largest absolute Gasteiger partial charge is 0.481 e. The van der Waals surface area contributed by atoms with Crippen molar-refractivity contribution in [3.8, 4) is 0 Å². The minimum Gasteiger partial charge on any atom is -0.481 e. The summed E-state index contributed by atoms with van der Waals surface area (Å²) >= 11 is 0. The number of hydrogen-bond acceptors (Lipinski definition) is 4. The Kier molecular flexibility index (Phi) is 3.87. The lowest BCUT2D eigenvalue weighted by Gasteiger charge is -2.26. The molecule has 1 aliphatic carbocycles. The zero-order chi connectivity index (χ0) is 14.0. The predicted molar refractivity (Wildman–Crippen MR) is 69.6 cm³/mol. The van der Waals surface area contributed by atoms with Gasteiger partial charge in [0.2, 0.25) is 0 Å². The van der Waals surface area contributed by atoms with Crippen molar-refractivity contribution in [2.75, 3.05) is 0 Å². The Morgan fingerprint density at radius 1 is 1.37 bits per heavy atom. The lowest BCUT2D eigenvalue weighted by molar-refractivity contribution is -0.147. The van der Waals surface area contributed by atoms with Crippen LogP contribution in [0.15, 0.2) is 0 Å². The third-order valence-electron chi connectivity index (χ3n) is 4.06. The van der Waals surface area contributed by atoms with E-state index in [0.29, 0.717) is 12.5 Å². The highest BCUT2D eigenvalue weighted by Gasteiger charge is 2.31. The molecule has 0 unspecified atom stereocenters. The Balaban J connectivity index is 2.12. The van der Waals surface area contributed by atoms with Crippen molar-refractivity contribution in [2.45, 2.75) is 58.9 Å². The molecule has 6 nitrogen and oxygen atoms in total. The van der Waals surface area contributed by atoms with Gasteiger partial charge < -0.3 is 5.11 Å². The molecule has 0 saturated heterocycles. The first-order valence-electron chi connectivity index (χ1n) is 6.89. The number of aliphatic carboxylic acids is 1. The van der Waals surface area contributed by atoms with Gasteiger partial charge in [-0.2, -0.15) is 0 Å². The smallest absolute Gasteiger partial charge is 0.310 e. The molecule has 0 radical (unpaired) electrons. The molecule has 1 N–H and O–H groups in total. The zero-order valence-corrected chi connectivity index (χ0v) is 11.8. The summed E-state index contributed by atoms with van der Waals surface area (Å²) in [4.78, 5) is 11.2. The fourth-order valence-electron chi connectivity index (χ4n) is 2.58. The molecule has 2 rings (SSSR count). The van der Waals surface area contributed by atoms with Crippen molar-refractivity contribution >= 4 is 5.97 Å². The van der Waals surface area contributed by atoms with Gasteiger partial charge >= 0.3 is 5.97 Å². The van der Waals surface area contributed by atoms with Crippen molar-refractivity contribution in [1.82, 2.24) is 20.2 Å². The number of nitrogens with zero attached hydrogens (tertiary/aromatic N) is 4. The molecule has 0 aromatic carbocycles. The maximum atomic E-state index is 11.2. The Bertz CT molecular complexity index is 447. The zero-order valence-electron chi connectivity index (χ0n) is 11.8. The molecule has 1 aromatic rings. The second-order valence-electron chi connectivity index (χ2n) is 6.34. The van der Waals surface area contributed by atoms with Crippen molar-refractivity contribution in [1.29, 1.82) is 0 Å². The number of tetrazole rings is 1. The molecule has 1 heterocycles. The van der Waals surface area contributed by atoms with Gasteiger partial charge in [-0.05, 0) is 43.0 Å². The molecule has 0 bridgehead atoms. The molecule has 0 aliphatic heterocycles. The Labute approximate surface area is 113 Å². The molecular formula is C13H22N4O2. The van der Waals surface area contributed by atoms with E-state index in [0.717, 1.165) is 24.6 Å². The predicted octanol–water partition coefficient (Wildman–Crippen LogP) is 2.08. The molecule has 106 valence electrons. The number of hydrogen-bond donors (Lipinski definition) is 1. The van der Waals surface area contributed by atoms with Crippen LogP contribution in [-0.4, -0.2) is 31.3 Å². The Hall–Kier alpha value is -1.46. The number of carboxylic acids is 1. The first-order valence-corrected chi connectivity index (χ1v) is 6.89. The van der Waals surface area contributed by atoms with E-state index in [4.69, 9.17) is 0 Å². The molecule has 1 aliphatic rings. The van der Waals surface area contributed by atoms with E-state index < -0.39 is 11.4 Å². The fourth-order valence-corrected chi connectivity index (χ4v) is 2.58. The van der Waals surface area contributed by atoms with Gasteiger partial charge in [0.25, 0.3) is 0 Å². The molecule has 1 aromatic heterocycles. The normalized spacial score (nSPS) is 24.4. The molecule has 6 heteroatoms. The van der Waals surface area contributed by atoms with Crippen molar-refractivity contribution in [2.24, 2.45) is 11.3 Å². The van der Waals surface area contributed by atoms with Crippen LogP contribution in [0.5, 0.6) is 0 Å². The SMILES string of the molecule is CC1CCC(c2nnnn2CC(C)(C)C(=O)O)CC1. The topological polar surface area (TPSA) is 80.9 Å². The van der Waals surface area contributed by atoms with Crippen molar-refractivity contribution in [3.63, 3.8) is 0 Å². The fraction of sp³-hybridized carbons (Fsp3) is 0.846. The first kappa shape index (κ1) is 14.0. The van der Waals surface area contributed by atoms with E-state index in [1.54, 1.807) is 18.5 Å². The second-order valence-corrected chi connectivity index (χ2v) is 6.34. The summed E-state index contributed by atoms with van der Waals surface area (Å²) in [6.45, 7) is 5.98. The number of carbonyl (C=O) groups is 1. The molecule has 19 heavy (non-hydrogen) atoms. The van der Waals surface area contributed by atoms with Gasteiger partial charge in [0.05, 0.1) is 12.0 Å². The summed E-state index contributed by atoms with van der Waals surface area (Å²) in [7, 11) is 0. The van der Waals surface area contributed by atoms with Crippen molar-refractivity contribution < 1.29 is 9.90 Å². The van der Waals surface area contributed by atoms with Crippen LogP contribution >= 0.6 is 0 Å². The molecule has 1 fully saturated rings. The van der Waals surface area contributed by atoms with Crippen LogP contribution in [-0.2, 0) is 11.3 Å². The summed E-state index contributed by atoms with van der Waals surface area (Å²) in [5, 5.41) is 21.0. The average molecular weight is 266 g/mol. The number of aromatic nitrogens is 4. The third-order valence-corrected chi connectivity index (χ3v) is 4.06. The van der Waals surface area contributed by atoms with Gasteiger partial charge in [0.15, 0.2) is 5.82 Å².